The van der Waals surface area contributed by atoms with Gasteiger partial charge in [-0.25, -0.2) is 4.98 Å². The zero-order valence-electron chi connectivity index (χ0n) is 21.9. The van der Waals surface area contributed by atoms with Crippen molar-refractivity contribution >= 4 is 22.8 Å². The van der Waals surface area contributed by atoms with E-state index < -0.39 is 24.0 Å². The van der Waals surface area contributed by atoms with Crippen LogP contribution in [0.3, 0.4) is 0 Å². The fraction of sp³-hybridized carbons (Fsp3) is 0.290. The first-order valence-electron chi connectivity index (χ1n) is 12.9. The number of aryl methyl sites for hydroxylation is 1. The Morgan fingerprint density at radius 2 is 1.74 bits per heavy atom. The van der Waals surface area contributed by atoms with E-state index in [4.69, 9.17) is 0 Å². The van der Waals surface area contributed by atoms with Crippen LogP contribution in [0.2, 0.25) is 0 Å². The van der Waals surface area contributed by atoms with E-state index in [0.29, 0.717) is 22.9 Å². The summed E-state index contributed by atoms with van der Waals surface area (Å²) in [6.07, 6.45) is 2.38. The van der Waals surface area contributed by atoms with Crippen LogP contribution in [0.5, 0.6) is 0 Å². The van der Waals surface area contributed by atoms with E-state index in [1.54, 1.807) is 24.3 Å². The van der Waals surface area contributed by atoms with Crippen LogP contribution in [0, 0.1) is 5.92 Å². The molecule has 0 fully saturated rings. The van der Waals surface area contributed by atoms with Crippen molar-refractivity contribution in [3.8, 4) is 11.1 Å². The highest BCUT2D eigenvalue weighted by Crippen LogP contribution is 2.29. The lowest BCUT2D eigenvalue weighted by molar-refractivity contribution is -0.138. The van der Waals surface area contributed by atoms with E-state index in [1.165, 1.54) is 16.5 Å². The molecule has 7 nitrogen and oxygen atoms in total. The highest BCUT2D eigenvalue weighted by atomic mass is 16.4. The highest BCUT2D eigenvalue weighted by molar-refractivity contribution is 5.83. The lowest BCUT2D eigenvalue weighted by atomic mass is 9.94. The number of carboxylic acid groups (broad SMARTS) is 1. The first kappa shape index (κ1) is 26.8. The molecular weight excluding hydrogens is 478 g/mol. The number of hydrogen-bond donors (Lipinski definition) is 2. The molecule has 2 N–H and O–H groups in total. The van der Waals surface area contributed by atoms with Crippen LogP contribution in [0.4, 0.5) is 0 Å². The number of nitrogens with one attached hydrogen (secondary N) is 1. The maximum atomic E-state index is 13.7. The Bertz CT molecular complexity index is 1510. The van der Waals surface area contributed by atoms with Gasteiger partial charge in [0, 0.05) is 0 Å². The fourth-order valence-corrected chi connectivity index (χ4v) is 4.83. The van der Waals surface area contributed by atoms with Gasteiger partial charge in [0.25, 0.3) is 5.56 Å². The molecule has 0 aliphatic carbocycles. The molecule has 3 aromatic carbocycles. The quantitative estimate of drug-likeness (QED) is 0.291. The van der Waals surface area contributed by atoms with E-state index in [1.807, 2.05) is 56.3 Å². The minimum absolute atomic E-state index is 0.107. The monoisotopic (exact) mass is 511 g/mol. The standard InChI is InChI=1S/C31H33N3O4/c1-4-21-10-5-6-13-24(21)22-11-9-12-23(17-22)27(18-29(35)36)33-30(37)28(16-20(2)3)34-19-32-26-15-8-7-14-25(26)31(34)38/h5-15,17,19-20,27-28H,4,16,18H2,1-3H3,(H,33,37)(H,35,36)/t27-,28-/m0/s1. The zero-order valence-corrected chi connectivity index (χ0v) is 21.9. The van der Waals surface area contributed by atoms with Gasteiger partial charge in [-0.1, -0.05) is 75.4 Å². The number of rotatable bonds is 10. The first-order chi connectivity index (χ1) is 18.3. The summed E-state index contributed by atoms with van der Waals surface area (Å²) in [5.74, 6) is -1.33. The van der Waals surface area contributed by atoms with Crippen molar-refractivity contribution in [3.05, 3.63) is 101 Å². The third kappa shape index (κ3) is 5.99. The second kappa shape index (κ2) is 11.9. The third-order valence-corrected chi connectivity index (χ3v) is 6.72. The predicted molar refractivity (Wildman–Crippen MR) is 149 cm³/mol. The lowest BCUT2D eigenvalue weighted by Gasteiger charge is -2.25. The Kier molecular flexibility index (Phi) is 8.36. The molecule has 196 valence electrons. The molecule has 1 amide bonds. The fourth-order valence-electron chi connectivity index (χ4n) is 4.83. The summed E-state index contributed by atoms with van der Waals surface area (Å²) in [5.41, 5.74) is 4.16. The number of benzene rings is 3. The van der Waals surface area contributed by atoms with Crippen molar-refractivity contribution in [1.29, 1.82) is 0 Å². The highest BCUT2D eigenvalue weighted by Gasteiger charge is 2.27. The molecule has 0 bridgehead atoms. The molecule has 1 aromatic heterocycles. The number of carbonyl (C=O) groups is 2. The zero-order chi connectivity index (χ0) is 27.2. The van der Waals surface area contributed by atoms with E-state index in [9.17, 15) is 19.5 Å². The summed E-state index contributed by atoms with van der Waals surface area (Å²) < 4.78 is 1.36. The van der Waals surface area contributed by atoms with E-state index in [2.05, 4.69) is 23.3 Å². The Balaban J connectivity index is 1.70. The van der Waals surface area contributed by atoms with Gasteiger partial charge in [0.2, 0.25) is 5.91 Å². The van der Waals surface area contributed by atoms with Crippen molar-refractivity contribution in [2.24, 2.45) is 5.92 Å². The van der Waals surface area contributed by atoms with Crippen molar-refractivity contribution in [2.75, 3.05) is 0 Å². The summed E-state index contributed by atoms with van der Waals surface area (Å²) in [6.45, 7) is 6.04. The van der Waals surface area contributed by atoms with Crippen molar-refractivity contribution < 1.29 is 14.7 Å². The van der Waals surface area contributed by atoms with Crippen LogP contribution in [-0.2, 0) is 16.0 Å². The largest absolute Gasteiger partial charge is 0.481 e. The predicted octanol–water partition coefficient (Wildman–Crippen LogP) is 5.55. The number of fused-ring (bicyclic) bond motifs is 1. The topological polar surface area (TPSA) is 101 Å². The molecule has 4 aromatic rings. The molecule has 0 spiro atoms. The van der Waals surface area contributed by atoms with E-state index in [-0.39, 0.29) is 17.9 Å². The molecule has 0 saturated heterocycles. The maximum absolute atomic E-state index is 13.7. The second-order valence-corrected chi connectivity index (χ2v) is 9.91. The minimum Gasteiger partial charge on any atom is -0.481 e. The molecule has 4 rings (SSSR count). The summed E-state index contributed by atoms with van der Waals surface area (Å²) in [4.78, 5) is 43.2. The number of nitrogens with zero attached hydrogens (tertiary/aromatic N) is 2. The molecule has 7 heteroatoms. The Labute approximate surface area is 222 Å². The number of amides is 1. The number of para-hydroxylation sites is 1. The van der Waals surface area contributed by atoms with Gasteiger partial charge in [-0.3, -0.25) is 19.0 Å². The van der Waals surface area contributed by atoms with Crippen molar-refractivity contribution in [1.82, 2.24) is 14.9 Å². The maximum Gasteiger partial charge on any atom is 0.305 e. The van der Waals surface area contributed by atoms with Gasteiger partial charge in [-0.2, -0.15) is 0 Å². The third-order valence-electron chi connectivity index (χ3n) is 6.72. The van der Waals surface area contributed by atoms with Crippen LogP contribution in [0.25, 0.3) is 22.0 Å². The molecule has 2 atom stereocenters. The molecule has 0 unspecified atom stereocenters. The van der Waals surface area contributed by atoms with Gasteiger partial charge in [0.1, 0.15) is 6.04 Å². The molecule has 0 aliphatic rings. The molecule has 38 heavy (non-hydrogen) atoms. The first-order valence-corrected chi connectivity index (χ1v) is 12.9. The molecule has 1 heterocycles. The number of aliphatic carboxylic acids is 1. The van der Waals surface area contributed by atoms with Gasteiger partial charge < -0.3 is 10.4 Å². The molecule has 0 radical (unpaired) electrons. The molecule has 0 aliphatic heterocycles. The summed E-state index contributed by atoms with van der Waals surface area (Å²) in [7, 11) is 0. The van der Waals surface area contributed by atoms with Crippen molar-refractivity contribution in [3.63, 3.8) is 0 Å². The Morgan fingerprint density at radius 3 is 2.47 bits per heavy atom. The van der Waals surface area contributed by atoms with Crippen LogP contribution >= 0.6 is 0 Å². The van der Waals surface area contributed by atoms with Crippen LogP contribution in [0.15, 0.2) is 83.9 Å². The number of carbonyl (C=O) groups excluding carboxylic acids is 1. The van der Waals surface area contributed by atoms with Gasteiger partial charge >= 0.3 is 5.97 Å². The average molecular weight is 512 g/mol. The van der Waals surface area contributed by atoms with E-state index >= 15 is 0 Å². The number of aromatic nitrogens is 2. The van der Waals surface area contributed by atoms with Crippen LogP contribution < -0.4 is 10.9 Å². The minimum atomic E-state index is -1.03. The summed E-state index contributed by atoms with van der Waals surface area (Å²) >= 11 is 0. The number of carboxylic acids is 1. The van der Waals surface area contributed by atoms with Crippen LogP contribution in [-0.4, -0.2) is 26.5 Å². The number of hydrogen-bond acceptors (Lipinski definition) is 4. The Hall–Kier alpha value is -4.26. The average Bonchev–Trinajstić information content (AvgIpc) is 2.91. The van der Waals surface area contributed by atoms with E-state index in [0.717, 1.165) is 17.5 Å². The van der Waals surface area contributed by atoms with Gasteiger partial charge in [0.15, 0.2) is 0 Å². The van der Waals surface area contributed by atoms with Crippen molar-refractivity contribution in [2.45, 2.75) is 52.1 Å². The smallest absolute Gasteiger partial charge is 0.305 e. The van der Waals surface area contributed by atoms with Gasteiger partial charge in [0.05, 0.1) is 29.7 Å². The molecular formula is C31H33N3O4. The van der Waals surface area contributed by atoms with Crippen LogP contribution in [0.1, 0.15) is 56.8 Å². The van der Waals surface area contributed by atoms with Gasteiger partial charge in [-0.05, 0) is 59.2 Å². The second-order valence-electron chi connectivity index (χ2n) is 9.91. The van der Waals surface area contributed by atoms with Gasteiger partial charge in [-0.15, -0.1) is 0 Å². The lowest BCUT2D eigenvalue weighted by Crippen LogP contribution is -2.40. The normalized spacial score (nSPS) is 12.8. The Morgan fingerprint density at radius 1 is 1.00 bits per heavy atom. The summed E-state index contributed by atoms with van der Waals surface area (Å²) in [6, 6.07) is 21.1. The summed E-state index contributed by atoms with van der Waals surface area (Å²) in [5, 5.41) is 13.0. The molecule has 0 saturated carbocycles. The SMILES string of the molecule is CCc1ccccc1-c1cccc([C@H](CC(=O)O)NC(=O)[C@H](CC(C)C)n2cnc3ccccc3c2=O)c1.